The molecule has 32 heavy (non-hydrogen) atoms. The summed E-state index contributed by atoms with van der Waals surface area (Å²) in [4.78, 5) is 25.1. The van der Waals surface area contributed by atoms with Crippen molar-refractivity contribution in [3.63, 3.8) is 0 Å². The van der Waals surface area contributed by atoms with Crippen LogP contribution in [0.2, 0.25) is 0 Å². The largest absolute Gasteiger partial charge is 0.493 e. The average Bonchev–Trinajstić information content (AvgIpc) is 2.75. The van der Waals surface area contributed by atoms with Crippen molar-refractivity contribution in [2.75, 3.05) is 17.2 Å². The van der Waals surface area contributed by atoms with Gasteiger partial charge >= 0.3 is 0 Å². The highest BCUT2D eigenvalue weighted by molar-refractivity contribution is 9.10. The van der Waals surface area contributed by atoms with E-state index in [1.54, 1.807) is 42.5 Å². The van der Waals surface area contributed by atoms with Gasteiger partial charge in [0.1, 0.15) is 5.75 Å². The number of nitrogens with one attached hydrogen (secondary N) is 3. The SMILES string of the molecule is CCOc1ccc(C(=O)NC(=S)Nc2cccc(C(=O)Nc3cccc(C)c3)c2)cc1Br. The molecule has 0 unspecified atom stereocenters. The second kappa shape index (κ2) is 10.9. The molecule has 2 amide bonds. The third kappa shape index (κ3) is 6.38. The number of anilines is 2. The molecule has 0 spiro atoms. The third-order valence-corrected chi connectivity index (χ3v) is 5.20. The van der Waals surface area contributed by atoms with Gasteiger partial charge in [-0.1, -0.05) is 18.2 Å². The molecule has 0 heterocycles. The van der Waals surface area contributed by atoms with E-state index in [4.69, 9.17) is 17.0 Å². The minimum Gasteiger partial charge on any atom is -0.493 e. The Bertz CT molecular complexity index is 1170. The van der Waals surface area contributed by atoms with Gasteiger partial charge in [-0.15, -0.1) is 0 Å². The molecule has 0 radical (unpaired) electrons. The van der Waals surface area contributed by atoms with Gasteiger partial charge in [-0.05, 0) is 96.1 Å². The zero-order chi connectivity index (χ0) is 23.1. The van der Waals surface area contributed by atoms with Crippen LogP contribution in [0.15, 0.2) is 71.2 Å². The molecular weight excluding hydrogens is 490 g/mol. The van der Waals surface area contributed by atoms with Crippen molar-refractivity contribution in [3.05, 3.63) is 87.9 Å². The van der Waals surface area contributed by atoms with E-state index in [0.29, 0.717) is 33.6 Å². The van der Waals surface area contributed by atoms with E-state index in [2.05, 4.69) is 31.9 Å². The normalized spacial score (nSPS) is 10.2. The quantitative estimate of drug-likeness (QED) is 0.379. The molecule has 6 nitrogen and oxygen atoms in total. The molecule has 0 aliphatic rings. The van der Waals surface area contributed by atoms with Crippen LogP contribution in [0.4, 0.5) is 11.4 Å². The summed E-state index contributed by atoms with van der Waals surface area (Å²) in [5.41, 5.74) is 3.24. The molecule has 0 fully saturated rings. The fourth-order valence-electron chi connectivity index (χ4n) is 2.92. The first-order valence-electron chi connectivity index (χ1n) is 9.88. The Morgan fingerprint density at radius 2 is 1.59 bits per heavy atom. The van der Waals surface area contributed by atoms with Crippen molar-refractivity contribution >= 4 is 56.4 Å². The van der Waals surface area contributed by atoms with Crippen molar-refractivity contribution in [2.45, 2.75) is 13.8 Å². The number of carbonyl (C=O) groups excluding carboxylic acids is 2. The Balaban J connectivity index is 1.62. The highest BCUT2D eigenvalue weighted by Gasteiger charge is 2.12. The van der Waals surface area contributed by atoms with Crippen molar-refractivity contribution in [1.29, 1.82) is 0 Å². The van der Waals surface area contributed by atoms with E-state index < -0.39 is 0 Å². The van der Waals surface area contributed by atoms with E-state index in [0.717, 1.165) is 11.3 Å². The van der Waals surface area contributed by atoms with E-state index in [1.807, 2.05) is 38.1 Å². The van der Waals surface area contributed by atoms with Gasteiger partial charge in [-0.3, -0.25) is 14.9 Å². The van der Waals surface area contributed by atoms with E-state index in [1.165, 1.54) is 0 Å². The van der Waals surface area contributed by atoms with Crippen molar-refractivity contribution in [1.82, 2.24) is 5.32 Å². The Kier molecular flexibility index (Phi) is 7.97. The number of hydrogen-bond acceptors (Lipinski definition) is 4. The molecule has 0 aliphatic carbocycles. The minimum atomic E-state index is -0.361. The lowest BCUT2D eigenvalue weighted by Crippen LogP contribution is -2.34. The van der Waals surface area contributed by atoms with Gasteiger partial charge in [0.15, 0.2) is 5.11 Å². The predicted octanol–water partition coefficient (Wildman–Crippen LogP) is 5.54. The smallest absolute Gasteiger partial charge is 0.257 e. The third-order valence-electron chi connectivity index (χ3n) is 4.38. The number of hydrogen-bond donors (Lipinski definition) is 3. The maximum absolute atomic E-state index is 12.6. The maximum atomic E-state index is 12.6. The monoisotopic (exact) mass is 511 g/mol. The molecule has 0 atom stereocenters. The summed E-state index contributed by atoms with van der Waals surface area (Å²) < 4.78 is 6.13. The lowest BCUT2D eigenvalue weighted by Gasteiger charge is -2.12. The van der Waals surface area contributed by atoms with Crippen LogP contribution in [0.3, 0.4) is 0 Å². The molecule has 0 aromatic heterocycles. The molecule has 3 aromatic rings. The molecule has 0 saturated heterocycles. The first kappa shape index (κ1) is 23.4. The maximum Gasteiger partial charge on any atom is 0.257 e. The molecule has 0 bridgehead atoms. The number of rotatable bonds is 6. The number of halogens is 1. The second-order valence-electron chi connectivity index (χ2n) is 6.89. The van der Waals surface area contributed by atoms with Crippen LogP contribution in [0.5, 0.6) is 5.75 Å². The Morgan fingerprint density at radius 3 is 2.28 bits per heavy atom. The molecule has 164 valence electrons. The number of benzene rings is 3. The summed E-state index contributed by atoms with van der Waals surface area (Å²) in [5, 5.41) is 8.57. The van der Waals surface area contributed by atoms with Crippen molar-refractivity contribution < 1.29 is 14.3 Å². The standard InChI is InChI=1S/C24H22BrN3O3S/c1-3-31-21-11-10-17(14-20(21)25)23(30)28-24(32)27-19-9-5-7-16(13-19)22(29)26-18-8-4-6-15(2)12-18/h4-14H,3H2,1-2H3,(H,26,29)(H2,27,28,30,32). The molecule has 0 saturated carbocycles. The lowest BCUT2D eigenvalue weighted by atomic mass is 10.1. The van der Waals surface area contributed by atoms with Crippen LogP contribution in [0.1, 0.15) is 33.2 Å². The van der Waals surface area contributed by atoms with Gasteiger partial charge in [0, 0.05) is 22.5 Å². The topological polar surface area (TPSA) is 79.5 Å². The summed E-state index contributed by atoms with van der Waals surface area (Å²) in [6.45, 7) is 4.38. The van der Waals surface area contributed by atoms with Gasteiger partial charge in [0.05, 0.1) is 11.1 Å². The van der Waals surface area contributed by atoms with Gasteiger partial charge in [0.25, 0.3) is 11.8 Å². The van der Waals surface area contributed by atoms with E-state index in [9.17, 15) is 9.59 Å². The number of carbonyl (C=O) groups is 2. The van der Waals surface area contributed by atoms with Crippen molar-refractivity contribution in [3.8, 4) is 5.75 Å². The Labute approximate surface area is 200 Å². The summed E-state index contributed by atoms with van der Waals surface area (Å²) in [7, 11) is 0. The van der Waals surface area contributed by atoms with Gasteiger partial charge in [0.2, 0.25) is 0 Å². The molecule has 3 rings (SSSR count). The molecular formula is C24H22BrN3O3S. The average molecular weight is 512 g/mol. The lowest BCUT2D eigenvalue weighted by molar-refractivity contribution is 0.0976. The predicted molar refractivity (Wildman–Crippen MR) is 135 cm³/mol. The fourth-order valence-corrected chi connectivity index (χ4v) is 3.62. The first-order valence-corrected chi connectivity index (χ1v) is 11.1. The van der Waals surface area contributed by atoms with Crippen LogP contribution in [0, 0.1) is 6.92 Å². The Morgan fingerprint density at radius 1 is 0.906 bits per heavy atom. The fraction of sp³-hybridized carbons (Fsp3) is 0.125. The number of amides is 2. The van der Waals surface area contributed by atoms with Crippen LogP contribution < -0.4 is 20.7 Å². The zero-order valence-electron chi connectivity index (χ0n) is 17.6. The van der Waals surface area contributed by atoms with Crippen LogP contribution in [-0.2, 0) is 0 Å². The van der Waals surface area contributed by atoms with E-state index >= 15 is 0 Å². The van der Waals surface area contributed by atoms with Gasteiger partial charge in [-0.25, -0.2) is 0 Å². The molecule has 3 aromatic carbocycles. The minimum absolute atomic E-state index is 0.122. The number of aryl methyl sites for hydroxylation is 1. The van der Waals surface area contributed by atoms with E-state index in [-0.39, 0.29) is 16.9 Å². The number of ether oxygens (including phenoxy) is 1. The summed E-state index contributed by atoms with van der Waals surface area (Å²) in [6, 6.07) is 19.5. The first-order chi connectivity index (χ1) is 15.4. The molecule has 0 aliphatic heterocycles. The molecule has 3 N–H and O–H groups in total. The van der Waals surface area contributed by atoms with Crippen LogP contribution in [0.25, 0.3) is 0 Å². The van der Waals surface area contributed by atoms with Gasteiger partial charge in [-0.2, -0.15) is 0 Å². The Hall–Kier alpha value is -3.23. The summed E-state index contributed by atoms with van der Waals surface area (Å²) >= 11 is 8.65. The van der Waals surface area contributed by atoms with Gasteiger partial charge < -0.3 is 15.4 Å². The van der Waals surface area contributed by atoms with Crippen LogP contribution >= 0.6 is 28.1 Å². The summed E-state index contributed by atoms with van der Waals surface area (Å²) in [5.74, 6) is 0.0542. The zero-order valence-corrected chi connectivity index (χ0v) is 20.0. The highest BCUT2D eigenvalue weighted by Crippen LogP contribution is 2.26. The van der Waals surface area contributed by atoms with Crippen LogP contribution in [-0.4, -0.2) is 23.5 Å². The highest BCUT2D eigenvalue weighted by atomic mass is 79.9. The summed E-state index contributed by atoms with van der Waals surface area (Å²) in [6.07, 6.45) is 0. The number of thiocarbonyl (C=S) groups is 1. The van der Waals surface area contributed by atoms with Crippen molar-refractivity contribution in [2.24, 2.45) is 0 Å². The second-order valence-corrected chi connectivity index (χ2v) is 8.15. The molecule has 8 heteroatoms.